The van der Waals surface area contributed by atoms with Gasteiger partial charge in [-0.15, -0.1) is 0 Å². The van der Waals surface area contributed by atoms with E-state index in [0.717, 1.165) is 24.2 Å². The molecule has 1 aliphatic heterocycles. The Balaban J connectivity index is 1.83. The number of likely N-dealkylation sites (tertiary alicyclic amines) is 1. The maximum absolute atomic E-state index is 12.4. The molecule has 1 aliphatic carbocycles. The van der Waals surface area contributed by atoms with Crippen LogP contribution in [-0.4, -0.2) is 48.2 Å². The molecule has 1 saturated carbocycles. The molecule has 126 valence electrons. The molecule has 0 aromatic rings. The van der Waals surface area contributed by atoms with Gasteiger partial charge in [-0.3, -0.25) is 4.79 Å². The molecule has 3 amide bonds. The third kappa shape index (κ3) is 4.51. The van der Waals surface area contributed by atoms with Crippen LogP contribution >= 0.6 is 0 Å². The molecule has 8 heteroatoms. The van der Waals surface area contributed by atoms with Gasteiger partial charge in [0.25, 0.3) is 0 Å². The molecule has 0 aromatic carbocycles. The molecule has 0 unspecified atom stereocenters. The van der Waals surface area contributed by atoms with Crippen LogP contribution in [0, 0.1) is 5.92 Å². The van der Waals surface area contributed by atoms with Gasteiger partial charge in [-0.05, 0) is 38.5 Å². The van der Waals surface area contributed by atoms with Crippen LogP contribution < -0.4 is 10.6 Å². The first-order valence-corrected chi connectivity index (χ1v) is 7.69. The summed E-state index contributed by atoms with van der Waals surface area (Å²) in [6.07, 6.45) is -0.292. The first-order chi connectivity index (χ1) is 10.3. The summed E-state index contributed by atoms with van der Waals surface area (Å²) in [5, 5.41) is 5.28. The molecule has 0 radical (unpaired) electrons. The molecular formula is C14H22F3N3O2. The Morgan fingerprint density at radius 1 is 1.32 bits per heavy atom. The third-order valence-electron chi connectivity index (χ3n) is 4.42. The number of halogens is 3. The highest BCUT2D eigenvalue weighted by atomic mass is 19.4. The van der Waals surface area contributed by atoms with Crippen molar-refractivity contribution in [3.8, 4) is 0 Å². The van der Waals surface area contributed by atoms with E-state index in [9.17, 15) is 22.8 Å². The molecule has 0 bridgehead atoms. The normalized spacial score (nSPS) is 24.6. The molecule has 2 aliphatic rings. The number of urea groups is 1. The molecule has 22 heavy (non-hydrogen) atoms. The number of carbonyl (C=O) groups is 2. The second kappa shape index (κ2) is 6.75. The lowest BCUT2D eigenvalue weighted by Crippen LogP contribution is -2.57. The predicted molar refractivity (Wildman–Crippen MR) is 74.1 cm³/mol. The maximum Gasteiger partial charge on any atom is 0.406 e. The van der Waals surface area contributed by atoms with Gasteiger partial charge in [0.15, 0.2) is 0 Å². The van der Waals surface area contributed by atoms with Crippen molar-refractivity contribution < 1.29 is 22.8 Å². The summed E-state index contributed by atoms with van der Waals surface area (Å²) in [7, 11) is 0. The summed E-state index contributed by atoms with van der Waals surface area (Å²) in [6, 6.07) is -1.34. The third-order valence-corrected chi connectivity index (χ3v) is 4.42. The van der Waals surface area contributed by atoms with Crippen LogP contribution in [0.15, 0.2) is 0 Å². The zero-order chi connectivity index (χ0) is 16.3. The first-order valence-electron chi connectivity index (χ1n) is 7.69. The zero-order valence-corrected chi connectivity index (χ0v) is 12.6. The lowest BCUT2D eigenvalue weighted by molar-refractivity contribution is -0.164. The van der Waals surface area contributed by atoms with Gasteiger partial charge in [0, 0.05) is 12.6 Å². The Bertz CT molecular complexity index is 424. The van der Waals surface area contributed by atoms with Crippen molar-refractivity contribution in [2.75, 3.05) is 13.1 Å². The van der Waals surface area contributed by atoms with Gasteiger partial charge in [0.05, 0.1) is 0 Å². The molecule has 2 N–H and O–H groups in total. The zero-order valence-electron chi connectivity index (χ0n) is 12.6. The Labute approximate surface area is 127 Å². The number of hydrogen-bond acceptors (Lipinski definition) is 2. The number of amides is 3. The van der Waals surface area contributed by atoms with Crippen molar-refractivity contribution in [2.45, 2.75) is 57.3 Å². The molecule has 1 heterocycles. The van der Waals surface area contributed by atoms with E-state index in [0.29, 0.717) is 18.8 Å². The van der Waals surface area contributed by atoms with E-state index in [1.165, 1.54) is 0 Å². The van der Waals surface area contributed by atoms with Crippen LogP contribution in [0.5, 0.6) is 0 Å². The first kappa shape index (κ1) is 16.9. The fourth-order valence-electron chi connectivity index (χ4n) is 2.91. The molecule has 0 spiro atoms. The minimum atomic E-state index is -4.42. The van der Waals surface area contributed by atoms with Crippen molar-refractivity contribution in [3.63, 3.8) is 0 Å². The number of hydrogen-bond donors (Lipinski definition) is 2. The minimum absolute atomic E-state index is 0.0127. The van der Waals surface area contributed by atoms with Gasteiger partial charge in [0.2, 0.25) is 5.91 Å². The maximum atomic E-state index is 12.4. The van der Waals surface area contributed by atoms with E-state index in [1.54, 1.807) is 0 Å². The Morgan fingerprint density at radius 2 is 2.00 bits per heavy atom. The van der Waals surface area contributed by atoms with Crippen LogP contribution in [0.2, 0.25) is 0 Å². The number of nitrogens with one attached hydrogen (secondary N) is 2. The number of nitrogens with zero attached hydrogens (tertiary/aromatic N) is 1. The lowest BCUT2D eigenvalue weighted by Gasteiger charge is -2.34. The van der Waals surface area contributed by atoms with Crippen molar-refractivity contribution in [3.05, 3.63) is 0 Å². The Morgan fingerprint density at radius 3 is 2.55 bits per heavy atom. The fourth-order valence-corrected chi connectivity index (χ4v) is 2.91. The van der Waals surface area contributed by atoms with Crippen molar-refractivity contribution in [2.24, 2.45) is 5.92 Å². The summed E-state index contributed by atoms with van der Waals surface area (Å²) in [5.74, 6) is -0.204. The molecule has 2 atom stereocenters. The van der Waals surface area contributed by atoms with Crippen molar-refractivity contribution >= 4 is 11.9 Å². The van der Waals surface area contributed by atoms with Gasteiger partial charge in [-0.25, -0.2) is 4.79 Å². The van der Waals surface area contributed by atoms with Crippen LogP contribution in [0.25, 0.3) is 0 Å². The summed E-state index contributed by atoms with van der Waals surface area (Å²) in [5.41, 5.74) is 0. The van der Waals surface area contributed by atoms with E-state index in [2.05, 4.69) is 10.6 Å². The summed E-state index contributed by atoms with van der Waals surface area (Å²) < 4.78 is 37.2. The number of piperidine rings is 1. The Hall–Kier alpha value is -1.47. The molecule has 1 saturated heterocycles. The second-order valence-electron chi connectivity index (χ2n) is 6.17. The van der Waals surface area contributed by atoms with Gasteiger partial charge in [-0.1, -0.05) is 6.42 Å². The van der Waals surface area contributed by atoms with Gasteiger partial charge < -0.3 is 15.5 Å². The summed E-state index contributed by atoms with van der Waals surface area (Å²) in [4.78, 5) is 24.7. The van der Waals surface area contributed by atoms with E-state index >= 15 is 0 Å². The lowest BCUT2D eigenvalue weighted by atomic mass is 9.80. The highest BCUT2D eigenvalue weighted by molar-refractivity contribution is 5.87. The predicted octanol–water partition coefficient (Wildman–Crippen LogP) is 2.03. The topological polar surface area (TPSA) is 61.4 Å². The molecule has 5 nitrogen and oxygen atoms in total. The smallest absolute Gasteiger partial charge is 0.335 e. The van der Waals surface area contributed by atoms with Gasteiger partial charge >= 0.3 is 12.2 Å². The standard InChI is InChI=1S/C14H22F3N3O2/c1-9(10-4-2-5-10)18-13(22)19-11-6-3-7-20(12(11)21)8-14(15,16)17/h9-11H,2-8H2,1H3,(H2,18,19,22)/t9-,11+/m1/s1. The number of carbonyl (C=O) groups excluding carboxylic acids is 2. The van der Waals surface area contributed by atoms with Crippen molar-refractivity contribution in [1.29, 1.82) is 0 Å². The number of rotatable bonds is 4. The van der Waals surface area contributed by atoms with E-state index < -0.39 is 30.7 Å². The number of alkyl halides is 3. The highest BCUT2D eigenvalue weighted by Gasteiger charge is 2.38. The second-order valence-corrected chi connectivity index (χ2v) is 6.17. The average molecular weight is 321 g/mol. The van der Waals surface area contributed by atoms with Crippen LogP contribution in [0.1, 0.15) is 39.0 Å². The van der Waals surface area contributed by atoms with Crippen LogP contribution in [-0.2, 0) is 4.79 Å². The molecule has 2 fully saturated rings. The van der Waals surface area contributed by atoms with E-state index in [4.69, 9.17) is 0 Å². The summed E-state index contributed by atoms with van der Waals surface area (Å²) >= 11 is 0. The highest BCUT2D eigenvalue weighted by Crippen LogP contribution is 2.29. The van der Waals surface area contributed by atoms with Gasteiger partial charge in [-0.2, -0.15) is 13.2 Å². The molecular weight excluding hydrogens is 299 g/mol. The molecule has 0 aromatic heterocycles. The van der Waals surface area contributed by atoms with E-state index in [-0.39, 0.29) is 12.6 Å². The summed E-state index contributed by atoms with van der Waals surface area (Å²) in [6.45, 7) is 0.725. The van der Waals surface area contributed by atoms with Crippen LogP contribution in [0.3, 0.4) is 0 Å². The van der Waals surface area contributed by atoms with Crippen LogP contribution in [0.4, 0.5) is 18.0 Å². The molecule has 2 rings (SSSR count). The fraction of sp³-hybridized carbons (Fsp3) is 0.857. The minimum Gasteiger partial charge on any atom is -0.335 e. The largest absolute Gasteiger partial charge is 0.406 e. The van der Waals surface area contributed by atoms with Crippen molar-refractivity contribution in [1.82, 2.24) is 15.5 Å². The monoisotopic (exact) mass is 321 g/mol. The van der Waals surface area contributed by atoms with Gasteiger partial charge in [0.1, 0.15) is 12.6 Å². The van der Waals surface area contributed by atoms with E-state index in [1.807, 2.05) is 6.92 Å². The Kier molecular flexibility index (Phi) is 5.18. The SMILES string of the molecule is C[C@@H](NC(=O)N[C@H]1CCCN(CC(F)(F)F)C1=O)C1CCC1. The average Bonchev–Trinajstić information content (AvgIpc) is 2.30. The quantitative estimate of drug-likeness (QED) is 0.832.